The molecule has 0 amide bonds. The molecular formula is C23H17N. The van der Waals surface area contributed by atoms with Gasteiger partial charge in [-0.15, -0.1) is 0 Å². The van der Waals surface area contributed by atoms with Gasteiger partial charge in [0.25, 0.3) is 0 Å². The third-order valence-electron chi connectivity index (χ3n) is 4.98. The number of rotatable bonds is 2. The summed E-state index contributed by atoms with van der Waals surface area (Å²) in [5.74, 6) is 0. The monoisotopic (exact) mass is 307 g/mol. The first-order valence-corrected chi connectivity index (χ1v) is 8.27. The molecule has 5 aromatic rings. The lowest BCUT2D eigenvalue weighted by Crippen LogP contribution is -1.88. The summed E-state index contributed by atoms with van der Waals surface area (Å²) in [5.41, 5.74) is 2.47. The van der Waals surface area contributed by atoms with E-state index in [-0.39, 0.29) is 0 Å². The van der Waals surface area contributed by atoms with Crippen LogP contribution < -0.4 is 0 Å². The van der Waals surface area contributed by atoms with Crippen molar-refractivity contribution in [2.45, 2.75) is 0 Å². The minimum Gasteiger partial charge on any atom is -0.351 e. The van der Waals surface area contributed by atoms with Crippen molar-refractivity contribution >= 4 is 44.5 Å². The Labute approximate surface area is 140 Å². The lowest BCUT2D eigenvalue weighted by Gasteiger charge is -2.12. The maximum absolute atomic E-state index is 2.26. The quantitative estimate of drug-likeness (QED) is 0.348. The highest BCUT2D eigenvalue weighted by Gasteiger charge is 2.09. The Kier molecular flexibility index (Phi) is 2.77. The molecule has 0 atom stereocenters. The Morgan fingerprint density at radius 1 is 0.667 bits per heavy atom. The largest absolute Gasteiger partial charge is 0.351 e. The van der Waals surface area contributed by atoms with Crippen molar-refractivity contribution in [2.24, 2.45) is 7.05 Å². The average molecular weight is 307 g/mol. The van der Waals surface area contributed by atoms with Gasteiger partial charge in [-0.2, -0.15) is 0 Å². The molecule has 1 heteroatoms. The molecule has 0 saturated heterocycles. The molecule has 4 aromatic carbocycles. The summed E-state index contributed by atoms with van der Waals surface area (Å²) < 4.78 is 2.13. The van der Waals surface area contributed by atoms with E-state index in [4.69, 9.17) is 0 Å². The summed E-state index contributed by atoms with van der Waals surface area (Å²) in [5, 5.41) is 8.01. The van der Waals surface area contributed by atoms with Gasteiger partial charge in [0.05, 0.1) is 0 Å². The Morgan fingerprint density at radius 2 is 1.38 bits per heavy atom. The molecule has 0 aliphatic heterocycles. The number of aromatic nitrogens is 1. The van der Waals surface area contributed by atoms with E-state index < -0.39 is 0 Å². The van der Waals surface area contributed by atoms with Crippen LogP contribution in [-0.4, -0.2) is 4.57 Å². The Morgan fingerprint density at radius 3 is 2.12 bits per heavy atom. The Hall–Kier alpha value is -3.06. The molecule has 0 N–H and O–H groups in total. The van der Waals surface area contributed by atoms with Crippen LogP contribution in [0.2, 0.25) is 0 Å². The summed E-state index contributed by atoms with van der Waals surface area (Å²) in [4.78, 5) is 0. The smallest absolute Gasteiger partial charge is 0.0404 e. The van der Waals surface area contributed by atoms with Gasteiger partial charge in [0.2, 0.25) is 0 Å². The lowest BCUT2D eigenvalue weighted by molar-refractivity contribution is 0.915. The number of hydrogen-bond donors (Lipinski definition) is 0. The van der Waals surface area contributed by atoms with Crippen LogP contribution in [0.5, 0.6) is 0 Å². The van der Waals surface area contributed by atoms with Gasteiger partial charge in [0.15, 0.2) is 0 Å². The van der Waals surface area contributed by atoms with Gasteiger partial charge in [-0.05, 0) is 56.1 Å². The summed E-state index contributed by atoms with van der Waals surface area (Å²) in [7, 11) is 2.07. The molecule has 0 bridgehead atoms. The zero-order chi connectivity index (χ0) is 16.1. The predicted octanol–water partition coefficient (Wildman–Crippen LogP) is 6.09. The molecule has 0 aliphatic rings. The first-order valence-electron chi connectivity index (χ1n) is 8.27. The maximum atomic E-state index is 2.26. The van der Waals surface area contributed by atoms with Gasteiger partial charge in [-0.25, -0.2) is 0 Å². The minimum atomic E-state index is 1.21. The molecule has 0 saturated carbocycles. The van der Waals surface area contributed by atoms with E-state index in [1.165, 1.54) is 43.6 Å². The second-order valence-corrected chi connectivity index (χ2v) is 6.39. The number of benzene rings is 4. The van der Waals surface area contributed by atoms with Crippen LogP contribution in [-0.2, 0) is 7.05 Å². The number of aryl methyl sites for hydroxylation is 1. The van der Waals surface area contributed by atoms with Gasteiger partial charge in [0, 0.05) is 18.9 Å². The van der Waals surface area contributed by atoms with E-state index in [2.05, 4.69) is 96.7 Å². The summed E-state index contributed by atoms with van der Waals surface area (Å²) >= 11 is 0. The van der Waals surface area contributed by atoms with Crippen LogP contribution in [0.3, 0.4) is 0 Å². The molecule has 1 aromatic heterocycles. The van der Waals surface area contributed by atoms with Crippen LogP contribution in [0.4, 0.5) is 0 Å². The Bertz CT molecular complexity index is 1190. The number of hydrogen-bond acceptors (Lipinski definition) is 0. The summed E-state index contributed by atoms with van der Waals surface area (Å²) in [6.07, 6.45) is 6.48. The maximum Gasteiger partial charge on any atom is 0.0404 e. The zero-order valence-electron chi connectivity index (χ0n) is 13.5. The zero-order valence-corrected chi connectivity index (χ0v) is 13.5. The van der Waals surface area contributed by atoms with Gasteiger partial charge >= 0.3 is 0 Å². The van der Waals surface area contributed by atoms with E-state index in [1.54, 1.807) is 0 Å². The van der Waals surface area contributed by atoms with E-state index >= 15 is 0 Å². The van der Waals surface area contributed by atoms with Crippen LogP contribution >= 0.6 is 0 Å². The first-order chi connectivity index (χ1) is 11.8. The molecule has 24 heavy (non-hydrogen) atoms. The molecule has 0 fully saturated rings. The topological polar surface area (TPSA) is 4.93 Å². The first kappa shape index (κ1) is 13.4. The van der Waals surface area contributed by atoms with Crippen molar-refractivity contribution in [1.82, 2.24) is 4.57 Å². The molecule has 0 spiro atoms. The Balaban J connectivity index is 1.81. The molecule has 1 nitrogen and oxygen atoms in total. The van der Waals surface area contributed by atoms with E-state index in [1.807, 2.05) is 0 Å². The van der Waals surface area contributed by atoms with Crippen molar-refractivity contribution in [2.75, 3.05) is 0 Å². The molecule has 1 heterocycles. The number of nitrogens with zero attached hydrogens (tertiary/aromatic N) is 1. The standard InChI is InChI=1S/C23H17N/c1-24-15-3-6-20(24)13-11-16-7-8-19-10-9-17-4-2-5-18-12-14-21(16)23(19)22(17)18/h2-15H,1H3/b13-11+. The second kappa shape index (κ2) is 4.97. The average Bonchev–Trinajstić information content (AvgIpc) is 3.03. The third-order valence-corrected chi connectivity index (χ3v) is 4.98. The molecule has 5 rings (SSSR count). The van der Waals surface area contributed by atoms with Gasteiger partial charge in [-0.3, -0.25) is 0 Å². The van der Waals surface area contributed by atoms with E-state index in [0.29, 0.717) is 0 Å². The van der Waals surface area contributed by atoms with Gasteiger partial charge < -0.3 is 4.57 Å². The predicted molar refractivity (Wildman–Crippen MR) is 104 cm³/mol. The highest BCUT2D eigenvalue weighted by molar-refractivity contribution is 6.24. The molecule has 0 aliphatic carbocycles. The molecule has 114 valence electrons. The third kappa shape index (κ3) is 1.88. The van der Waals surface area contributed by atoms with Crippen LogP contribution in [0, 0.1) is 0 Å². The minimum absolute atomic E-state index is 1.21. The van der Waals surface area contributed by atoms with Crippen molar-refractivity contribution in [3.63, 3.8) is 0 Å². The lowest BCUT2D eigenvalue weighted by atomic mass is 9.92. The summed E-state index contributed by atoms with van der Waals surface area (Å²) in [6, 6.07) is 24.2. The molecular weight excluding hydrogens is 290 g/mol. The van der Waals surface area contributed by atoms with Crippen molar-refractivity contribution in [3.05, 3.63) is 84.2 Å². The SMILES string of the molecule is Cn1cccc1/C=C/c1ccc2ccc3cccc4ccc1c2c34. The van der Waals surface area contributed by atoms with Crippen LogP contribution in [0.25, 0.3) is 44.5 Å². The highest BCUT2D eigenvalue weighted by atomic mass is 14.9. The fourth-order valence-electron chi connectivity index (χ4n) is 3.73. The van der Waals surface area contributed by atoms with Gasteiger partial charge in [0.1, 0.15) is 0 Å². The molecule has 0 unspecified atom stereocenters. The normalized spacial score (nSPS) is 12.2. The van der Waals surface area contributed by atoms with E-state index in [0.717, 1.165) is 0 Å². The van der Waals surface area contributed by atoms with E-state index in [9.17, 15) is 0 Å². The summed E-state index contributed by atoms with van der Waals surface area (Å²) in [6.45, 7) is 0. The highest BCUT2D eigenvalue weighted by Crippen LogP contribution is 2.36. The van der Waals surface area contributed by atoms with Crippen LogP contribution in [0.15, 0.2) is 72.9 Å². The second-order valence-electron chi connectivity index (χ2n) is 6.39. The van der Waals surface area contributed by atoms with Gasteiger partial charge in [-0.1, -0.05) is 60.7 Å². The van der Waals surface area contributed by atoms with Crippen LogP contribution in [0.1, 0.15) is 11.3 Å². The fourth-order valence-corrected chi connectivity index (χ4v) is 3.73. The van der Waals surface area contributed by atoms with Crippen molar-refractivity contribution < 1.29 is 0 Å². The van der Waals surface area contributed by atoms with Crippen molar-refractivity contribution in [1.29, 1.82) is 0 Å². The molecule has 0 radical (unpaired) electrons. The fraction of sp³-hybridized carbons (Fsp3) is 0.0435. The van der Waals surface area contributed by atoms with Crippen molar-refractivity contribution in [3.8, 4) is 0 Å².